The summed E-state index contributed by atoms with van der Waals surface area (Å²) in [7, 11) is 0. The van der Waals surface area contributed by atoms with Crippen LogP contribution < -0.4 is 0 Å². The molecule has 0 radical (unpaired) electrons. The summed E-state index contributed by atoms with van der Waals surface area (Å²) in [6.07, 6.45) is 3.98. The SMILES string of the molecule is c1ccc(-n2c3ccccc3c3cc4c5cc6c7ccccc7c7nccn7c6cc5n(-c5ccccc5)c4cc32)cc1. The summed E-state index contributed by atoms with van der Waals surface area (Å²) >= 11 is 0. The normalized spacial score (nSPS) is 12.2. The average Bonchev–Trinajstić information content (AvgIpc) is 3.77. The first-order chi connectivity index (χ1) is 21.3. The van der Waals surface area contributed by atoms with Crippen molar-refractivity contribution in [2.75, 3.05) is 0 Å². The molecular formula is C39H24N4. The Morgan fingerprint density at radius 2 is 0.860 bits per heavy atom. The van der Waals surface area contributed by atoms with Gasteiger partial charge in [0.15, 0.2) is 0 Å². The fourth-order valence-corrected chi connectivity index (χ4v) is 7.25. The zero-order valence-electron chi connectivity index (χ0n) is 23.1. The van der Waals surface area contributed by atoms with E-state index in [1.165, 1.54) is 59.8 Å². The van der Waals surface area contributed by atoms with Gasteiger partial charge in [-0.25, -0.2) is 4.98 Å². The number of fused-ring (bicyclic) bond motifs is 12. The smallest absolute Gasteiger partial charge is 0.145 e. The number of benzene rings is 6. The Kier molecular flexibility index (Phi) is 4.42. The third-order valence-corrected chi connectivity index (χ3v) is 9.06. The monoisotopic (exact) mass is 548 g/mol. The van der Waals surface area contributed by atoms with E-state index in [1.54, 1.807) is 0 Å². The number of hydrogen-bond acceptors (Lipinski definition) is 1. The molecule has 10 rings (SSSR count). The van der Waals surface area contributed by atoms with Crippen LogP contribution in [0.25, 0.3) is 82.3 Å². The second-order valence-corrected chi connectivity index (χ2v) is 11.3. The van der Waals surface area contributed by atoms with Crippen molar-refractivity contribution in [1.29, 1.82) is 0 Å². The van der Waals surface area contributed by atoms with Gasteiger partial charge in [-0.2, -0.15) is 0 Å². The third kappa shape index (κ3) is 3.02. The van der Waals surface area contributed by atoms with Crippen molar-refractivity contribution in [2.24, 2.45) is 0 Å². The standard InChI is InChI=1S/C39H24N4/c1-3-11-25(12-4-1)42-34-18-10-9-16-28(34)31-22-33-32-21-30-27-15-7-8-17-29(27)39-40-19-20-41(39)35(30)23-36(32)43(38(33)24-37(31)42)26-13-5-2-6-14-26/h1-24H. The topological polar surface area (TPSA) is 27.2 Å². The molecule has 6 aromatic carbocycles. The zero-order chi connectivity index (χ0) is 28.1. The number of imidazole rings is 1. The highest BCUT2D eigenvalue weighted by atomic mass is 15.0. The van der Waals surface area contributed by atoms with Crippen LogP contribution in [0.15, 0.2) is 146 Å². The second-order valence-electron chi connectivity index (χ2n) is 11.3. The molecule has 4 heteroatoms. The van der Waals surface area contributed by atoms with Crippen LogP contribution >= 0.6 is 0 Å². The van der Waals surface area contributed by atoms with Gasteiger partial charge in [0, 0.05) is 56.1 Å². The minimum Gasteiger partial charge on any atom is -0.309 e. The Morgan fingerprint density at radius 1 is 0.372 bits per heavy atom. The first kappa shape index (κ1) is 22.8. The quantitative estimate of drug-likeness (QED) is 0.198. The lowest BCUT2D eigenvalue weighted by Crippen LogP contribution is -1.96. The van der Waals surface area contributed by atoms with Gasteiger partial charge >= 0.3 is 0 Å². The van der Waals surface area contributed by atoms with Gasteiger partial charge in [0.1, 0.15) is 5.65 Å². The van der Waals surface area contributed by atoms with E-state index in [4.69, 9.17) is 4.98 Å². The maximum Gasteiger partial charge on any atom is 0.145 e. The Labute approximate surface area is 246 Å². The van der Waals surface area contributed by atoms with Crippen LogP contribution in [0.3, 0.4) is 0 Å². The molecule has 0 saturated heterocycles. The second kappa shape index (κ2) is 8.34. The summed E-state index contributed by atoms with van der Waals surface area (Å²) in [5.41, 5.74) is 9.23. The first-order valence-corrected chi connectivity index (χ1v) is 14.6. The van der Waals surface area contributed by atoms with Gasteiger partial charge in [0.2, 0.25) is 0 Å². The van der Waals surface area contributed by atoms with E-state index in [0.717, 1.165) is 22.5 Å². The minimum atomic E-state index is 0.985. The van der Waals surface area contributed by atoms with Crippen molar-refractivity contribution in [3.63, 3.8) is 0 Å². The Morgan fingerprint density at radius 3 is 1.53 bits per heavy atom. The minimum absolute atomic E-state index is 0.985. The molecule has 10 aromatic rings. The van der Waals surface area contributed by atoms with E-state index in [0.29, 0.717) is 0 Å². The molecule has 200 valence electrons. The number of rotatable bonds is 2. The molecule has 0 N–H and O–H groups in total. The van der Waals surface area contributed by atoms with E-state index < -0.39 is 0 Å². The van der Waals surface area contributed by atoms with Gasteiger partial charge in [0.25, 0.3) is 0 Å². The fourth-order valence-electron chi connectivity index (χ4n) is 7.25. The molecule has 0 saturated carbocycles. The van der Waals surface area contributed by atoms with Crippen LogP contribution in [0.4, 0.5) is 0 Å². The molecule has 0 spiro atoms. The molecule has 0 atom stereocenters. The molecule has 43 heavy (non-hydrogen) atoms. The number of nitrogens with zero attached hydrogens (tertiary/aromatic N) is 4. The van der Waals surface area contributed by atoms with E-state index in [9.17, 15) is 0 Å². The number of aromatic nitrogens is 4. The highest BCUT2D eigenvalue weighted by Crippen LogP contribution is 2.41. The van der Waals surface area contributed by atoms with Crippen LogP contribution in [0.2, 0.25) is 0 Å². The maximum absolute atomic E-state index is 4.75. The van der Waals surface area contributed by atoms with Crippen molar-refractivity contribution in [1.82, 2.24) is 18.5 Å². The van der Waals surface area contributed by atoms with Crippen LogP contribution in [-0.4, -0.2) is 18.5 Å². The molecule has 0 aliphatic rings. The molecule has 0 aliphatic carbocycles. The van der Waals surface area contributed by atoms with E-state index in [2.05, 4.69) is 153 Å². The highest BCUT2D eigenvalue weighted by Gasteiger charge is 2.20. The highest BCUT2D eigenvalue weighted by molar-refractivity contribution is 6.23. The van der Waals surface area contributed by atoms with E-state index in [1.807, 2.05) is 6.20 Å². The van der Waals surface area contributed by atoms with Crippen molar-refractivity contribution in [3.05, 3.63) is 146 Å². The van der Waals surface area contributed by atoms with Crippen molar-refractivity contribution in [3.8, 4) is 11.4 Å². The Hall–Kier alpha value is -5.87. The lowest BCUT2D eigenvalue weighted by molar-refractivity contribution is 1.16. The van der Waals surface area contributed by atoms with E-state index >= 15 is 0 Å². The molecule has 0 fully saturated rings. The van der Waals surface area contributed by atoms with Crippen LogP contribution in [0.5, 0.6) is 0 Å². The van der Waals surface area contributed by atoms with Gasteiger partial charge in [0.05, 0.1) is 27.6 Å². The number of hydrogen-bond donors (Lipinski definition) is 0. The van der Waals surface area contributed by atoms with Gasteiger partial charge in [-0.15, -0.1) is 0 Å². The summed E-state index contributed by atoms with van der Waals surface area (Å²) in [5.74, 6) is 0. The number of para-hydroxylation sites is 3. The molecule has 0 unspecified atom stereocenters. The molecular weight excluding hydrogens is 524 g/mol. The molecule has 0 aliphatic heterocycles. The van der Waals surface area contributed by atoms with Crippen molar-refractivity contribution >= 4 is 70.9 Å². The van der Waals surface area contributed by atoms with Crippen molar-refractivity contribution in [2.45, 2.75) is 0 Å². The molecule has 4 aromatic heterocycles. The molecule has 0 bridgehead atoms. The van der Waals surface area contributed by atoms with Crippen LogP contribution in [-0.2, 0) is 0 Å². The van der Waals surface area contributed by atoms with Gasteiger partial charge in [-0.3, -0.25) is 4.40 Å². The average molecular weight is 549 g/mol. The summed E-state index contributed by atoms with van der Waals surface area (Å²) in [5, 5.41) is 8.63. The summed E-state index contributed by atoms with van der Waals surface area (Å²) in [6.45, 7) is 0. The van der Waals surface area contributed by atoms with Crippen LogP contribution in [0, 0.1) is 0 Å². The van der Waals surface area contributed by atoms with Crippen LogP contribution in [0.1, 0.15) is 0 Å². The molecule has 4 heterocycles. The van der Waals surface area contributed by atoms with Gasteiger partial charge < -0.3 is 9.13 Å². The Bertz CT molecular complexity index is 2710. The maximum atomic E-state index is 4.75. The first-order valence-electron chi connectivity index (χ1n) is 14.6. The summed E-state index contributed by atoms with van der Waals surface area (Å²) in [4.78, 5) is 4.75. The lowest BCUT2D eigenvalue weighted by atomic mass is 10.0. The summed E-state index contributed by atoms with van der Waals surface area (Å²) in [6, 6.07) is 48.3. The van der Waals surface area contributed by atoms with Crippen molar-refractivity contribution < 1.29 is 0 Å². The fraction of sp³-hybridized carbons (Fsp3) is 0. The predicted molar refractivity (Wildman–Crippen MR) is 179 cm³/mol. The third-order valence-electron chi connectivity index (χ3n) is 9.06. The van der Waals surface area contributed by atoms with Gasteiger partial charge in [-0.1, -0.05) is 78.9 Å². The number of pyridine rings is 1. The van der Waals surface area contributed by atoms with Gasteiger partial charge in [-0.05, 0) is 60.0 Å². The lowest BCUT2D eigenvalue weighted by Gasteiger charge is -2.11. The predicted octanol–water partition coefficient (Wildman–Crippen LogP) is 9.83. The largest absolute Gasteiger partial charge is 0.309 e. The van der Waals surface area contributed by atoms with E-state index in [-0.39, 0.29) is 0 Å². The summed E-state index contributed by atoms with van der Waals surface area (Å²) < 4.78 is 7.06. The Balaban J connectivity index is 1.45. The zero-order valence-corrected chi connectivity index (χ0v) is 23.1. The molecule has 0 amide bonds. The molecule has 4 nitrogen and oxygen atoms in total.